The van der Waals surface area contributed by atoms with Gasteiger partial charge in [-0.1, -0.05) is 0 Å². The lowest BCUT2D eigenvalue weighted by Crippen LogP contribution is -2.16. The van der Waals surface area contributed by atoms with Gasteiger partial charge in [0.15, 0.2) is 0 Å². The van der Waals surface area contributed by atoms with Crippen LogP contribution in [0.15, 0.2) is 18.5 Å². The van der Waals surface area contributed by atoms with Crippen LogP contribution in [0.3, 0.4) is 0 Å². The molecule has 0 aliphatic carbocycles. The molecule has 1 aromatic heterocycles. The van der Waals surface area contributed by atoms with Gasteiger partial charge in [-0.05, 0) is 25.8 Å². The molecule has 1 aromatic rings. The molecule has 0 aromatic carbocycles. The Bertz CT molecular complexity index is 233. The van der Waals surface area contributed by atoms with Gasteiger partial charge in [-0.25, -0.2) is 0 Å². The molecule has 3 nitrogen and oxygen atoms in total. The molecule has 12 heavy (non-hydrogen) atoms. The summed E-state index contributed by atoms with van der Waals surface area (Å²) in [5, 5.41) is 4.14. The average Bonchev–Trinajstić information content (AvgIpc) is 2.63. The van der Waals surface area contributed by atoms with Gasteiger partial charge in [-0.15, -0.1) is 0 Å². The summed E-state index contributed by atoms with van der Waals surface area (Å²) < 4.78 is 7.61. The zero-order valence-corrected chi connectivity index (χ0v) is 7.31. The van der Waals surface area contributed by atoms with Crippen molar-refractivity contribution in [3.05, 3.63) is 18.5 Å². The van der Waals surface area contributed by atoms with E-state index in [-0.39, 0.29) is 0 Å². The molecule has 0 spiro atoms. The predicted molar refractivity (Wildman–Crippen MR) is 45.8 cm³/mol. The highest BCUT2D eigenvalue weighted by Crippen LogP contribution is 2.19. The first-order chi connectivity index (χ1) is 5.84. The zero-order valence-electron chi connectivity index (χ0n) is 7.31. The maximum atomic E-state index is 5.67. The van der Waals surface area contributed by atoms with Crippen molar-refractivity contribution in [3.63, 3.8) is 0 Å². The summed E-state index contributed by atoms with van der Waals surface area (Å²) in [4.78, 5) is 0. The topological polar surface area (TPSA) is 27.1 Å². The highest BCUT2D eigenvalue weighted by Gasteiger charge is 2.21. The summed E-state index contributed by atoms with van der Waals surface area (Å²) in [7, 11) is 0. The molecular formula is C9H14N2O. The Kier molecular flexibility index (Phi) is 2.13. The van der Waals surface area contributed by atoms with Gasteiger partial charge < -0.3 is 4.74 Å². The van der Waals surface area contributed by atoms with Crippen LogP contribution >= 0.6 is 0 Å². The van der Waals surface area contributed by atoms with Gasteiger partial charge in [-0.2, -0.15) is 5.10 Å². The first kappa shape index (κ1) is 7.80. The number of hydrogen-bond donors (Lipinski definition) is 0. The van der Waals surface area contributed by atoms with Gasteiger partial charge in [0, 0.05) is 12.4 Å². The highest BCUT2D eigenvalue weighted by molar-refractivity contribution is 4.80. The number of rotatable bonds is 2. The van der Waals surface area contributed by atoms with Crippen molar-refractivity contribution in [1.29, 1.82) is 0 Å². The Morgan fingerprint density at radius 3 is 3.08 bits per heavy atom. The van der Waals surface area contributed by atoms with E-state index in [2.05, 4.69) is 12.0 Å². The monoisotopic (exact) mass is 166 g/mol. The van der Waals surface area contributed by atoms with Gasteiger partial charge >= 0.3 is 0 Å². The third-order valence-corrected chi connectivity index (χ3v) is 2.27. The van der Waals surface area contributed by atoms with E-state index in [1.54, 1.807) is 6.20 Å². The molecule has 66 valence electrons. The molecule has 0 unspecified atom stereocenters. The van der Waals surface area contributed by atoms with Gasteiger partial charge in [0.1, 0.15) is 0 Å². The molecule has 0 amide bonds. The van der Waals surface area contributed by atoms with E-state index in [0.29, 0.717) is 12.2 Å². The van der Waals surface area contributed by atoms with Crippen molar-refractivity contribution in [1.82, 2.24) is 9.78 Å². The summed E-state index contributed by atoms with van der Waals surface area (Å²) in [6, 6.07) is 1.94. The molecule has 2 rings (SSSR count). The SMILES string of the molecule is C[C@H]1CC[C@@H](Cn2cccn2)O1. The predicted octanol–water partition coefficient (Wildman–Crippen LogP) is 1.45. The Balaban J connectivity index is 1.88. The Labute approximate surface area is 72.3 Å². The minimum atomic E-state index is 0.375. The Hall–Kier alpha value is -0.830. The lowest BCUT2D eigenvalue weighted by Gasteiger charge is -2.10. The zero-order chi connectivity index (χ0) is 8.39. The second-order valence-corrected chi connectivity index (χ2v) is 3.37. The lowest BCUT2D eigenvalue weighted by atomic mass is 10.2. The number of hydrogen-bond acceptors (Lipinski definition) is 2. The summed E-state index contributed by atoms with van der Waals surface area (Å²) in [5.74, 6) is 0. The van der Waals surface area contributed by atoms with Crippen LogP contribution in [0.1, 0.15) is 19.8 Å². The van der Waals surface area contributed by atoms with Crippen molar-refractivity contribution in [2.75, 3.05) is 0 Å². The van der Waals surface area contributed by atoms with Crippen LogP contribution in [-0.2, 0) is 11.3 Å². The van der Waals surface area contributed by atoms with Crippen molar-refractivity contribution in [2.24, 2.45) is 0 Å². The molecule has 3 heteroatoms. The molecular weight excluding hydrogens is 152 g/mol. The van der Waals surface area contributed by atoms with Crippen LogP contribution in [0.5, 0.6) is 0 Å². The molecule has 1 aliphatic heterocycles. The summed E-state index contributed by atoms with van der Waals surface area (Å²) >= 11 is 0. The van der Waals surface area contributed by atoms with Crippen molar-refractivity contribution in [2.45, 2.75) is 38.5 Å². The van der Waals surface area contributed by atoms with Gasteiger partial charge in [0.2, 0.25) is 0 Å². The fourth-order valence-electron chi connectivity index (χ4n) is 1.64. The van der Waals surface area contributed by atoms with E-state index in [1.165, 1.54) is 12.8 Å². The van der Waals surface area contributed by atoms with Crippen LogP contribution in [-0.4, -0.2) is 22.0 Å². The second kappa shape index (κ2) is 3.27. The fourth-order valence-corrected chi connectivity index (χ4v) is 1.64. The van der Waals surface area contributed by atoms with Gasteiger partial charge in [0.25, 0.3) is 0 Å². The minimum Gasteiger partial charge on any atom is -0.373 e. The third kappa shape index (κ3) is 1.67. The van der Waals surface area contributed by atoms with E-state index >= 15 is 0 Å². The van der Waals surface area contributed by atoms with E-state index in [0.717, 1.165) is 6.54 Å². The van der Waals surface area contributed by atoms with Crippen LogP contribution in [0.25, 0.3) is 0 Å². The molecule has 0 radical (unpaired) electrons. The number of aromatic nitrogens is 2. The molecule has 0 N–H and O–H groups in total. The first-order valence-corrected chi connectivity index (χ1v) is 4.47. The Morgan fingerprint density at radius 2 is 2.50 bits per heavy atom. The van der Waals surface area contributed by atoms with Crippen LogP contribution < -0.4 is 0 Å². The minimum absolute atomic E-state index is 0.375. The highest BCUT2D eigenvalue weighted by atomic mass is 16.5. The molecule has 2 atom stereocenters. The van der Waals surface area contributed by atoms with Crippen molar-refractivity contribution >= 4 is 0 Å². The maximum Gasteiger partial charge on any atom is 0.0775 e. The first-order valence-electron chi connectivity index (χ1n) is 4.47. The molecule has 1 aliphatic rings. The van der Waals surface area contributed by atoms with E-state index in [9.17, 15) is 0 Å². The molecule has 2 heterocycles. The largest absolute Gasteiger partial charge is 0.373 e. The van der Waals surface area contributed by atoms with Gasteiger partial charge in [-0.3, -0.25) is 4.68 Å². The van der Waals surface area contributed by atoms with Crippen LogP contribution in [0, 0.1) is 0 Å². The Morgan fingerprint density at radius 1 is 1.58 bits per heavy atom. The van der Waals surface area contributed by atoms with E-state index < -0.39 is 0 Å². The normalized spacial score (nSPS) is 29.4. The summed E-state index contributed by atoms with van der Waals surface area (Å²) in [6.07, 6.45) is 6.95. The summed E-state index contributed by atoms with van der Waals surface area (Å²) in [6.45, 7) is 3.03. The van der Waals surface area contributed by atoms with Crippen molar-refractivity contribution in [3.8, 4) is 0 Å². The van der Waals surface area contributed by atoms with Gasteiger partial charge in [0.05, 0.1) is 18.8 Å². The second-order valence-electron chi connectivity index (χ2n) is 3.37. The molecule has 0 saturated carbocycles. The van der Waals surface area contributed by atoms with E-state index in [4.69, 9.17) is 4.74 Å². The molecule has 1 saturated heterocycles. The number of nitrogens with zero attached hydrogens (tertiary/aromatic N) is 2. The van der Waals surface area contributed by atoms with Crippen LogP contribution in [0.4, 0.5) is 0 Å². The quantitative estimate of drug-likeness (QED) is 0.665. The molecule has 1 fully saturated rings. The smallest absolute Gasteiger partial charge is 0.0775 e. The molecule has 0 bridgehead atoms. The van der Waals surface area contributed by atoms with Crippen molar-refractivity contribution < 1.29 is 4.74 Å². The maximum absolute atomic E-state index is 5.67. The average molecular weight is 166 g/mol. The van der Waals surface area contributed by atoms with Crippen LogP contribution in [0.2, 0.25) is 0 Å². The standard InChI is InChI=1S/C9H14N2O/c1-8-3-4-9(12-8)7-11-6-2-5-10-11/h2,5-6,8-9H,3-4,7H2,1H3/t8-,9-/m0/s1. The third-order valence-electron chi connectivity index (χ3n) is 2.27. The number of ether oxygens (including phenoxy) is 1. The lowest BCUT2D eigenvalue weighted by molar-refractivity contribution is 0.0437. The summed E-state index contributed by atoms with van der Waals surface area (Å²) in [5.41, 5.74) is 0. The fraction of sp³-hybridized carbons (Fsp3) is 0.667. The van der Waals surface area contributed by atoms with E-state index in [1.807, 2.05) is 16.9 Å².